The lowest BCUT2D eigenvalue weighted by molar-refractivity contribution is -0.0312. The van der Waals surface area contributed by atoms with E-state index in [1.165, 1.54) is 28.6 Å². The largest absolute Gasteiger partial charge is 0.491 e. The van der Waals surface area contributed by atoms with E-state index in [-0.39, 0.29) is 29.0 Å². The molecule has 0 amide bonds. The molecule has 0 aliphatic carbocycles. The first kappa shape index (κ1) is 27.3. The van der Waals surface area contributed by atoms with Crippen molar-refractivity contribution in [3.63, 3.8) is 0 Å². The van der Waals surface area contributed by atoms with Crippen molar-refractivity contribution >= 4 is 31.6 Å². The van der Waals surface area contributed by atoms with Crippen molar-refractivity contribution in [3.05, 3.63) is 53.6 Å². The molecule has 0 aromatic heterocycles. The van der Waals surface area contributed by atoms with Crippen LogP contribution in [0.1, 0.15) is 19.3 Å². The summed E-state index contributed by atoms with van der Waals surface area (Å²) < 4.78 is 61.9. The summed E-state index contributed by atoms with van der Waals surface area (Å²) in [6, 6.07) is 12.1. The van der Waals surface area contributed by atoms with Crippen LogP contribution in [-0.2, 0) is 24.8 Å². The molecular weight excluding hydrogens is 530 g/mol. The number of hydrogen-bond donors (Lipinski definition) is 3. The molecule has 2 saturated heterocycles. The Balaban J connectivity index is 1.23. The number of nitrogens with two attached hydrogens (primary N) is 1. The Bertz CT molecular complexity index is 1280. The van der Waals surface area contributed by atoms with Gasteiger partial charge in [0.05, 0.1) is 22.0 Å². The summed E-state index contributed by atoms with van der Waals surface area (Å²) in [5.74, 6) is 0.295. The van der Waals surface area contributed by atoms with E-state index < -0.39 is 31.8 Å². The van der Waals surface area contributed by atoms with Gasteiger partial charge < -0.3 is 19.9 Å². The van der Waals surface area contributed by atoms with Crippen LogP contribution in [0.3, 0.4) is 0 Å². The zero-order valence-corrected chi connectivity index (χ0v) is 21.9. The number of benzene rings is 2. The van der Waals surface area contributed by atoms with Crippen LogP contribution in [0, 0.1) is 0 Å². The molecule has 10 nitrogen and oxygen atoms in total. The fraction of sp³-hybridized carbons (Fsp3) is 0.478. The van der Waals surface area contributed by atoms with Gasteiger partial charge in [-0.05, 0) is 49.6 Å². The number of hydrogen-bond acceptors (Lipinski definition) is 8. The SMILES string of the molecule is NS(=O)(=O)c1cccc(OC[C@@H](O)CN[C@H]2COC3(CCN(S(=O)(=O)c4cccc(Cl)c4)CC3)C2)c1. The third kappa shape index (κ3) is 6.56. The van der Waals surface area contributed by atoms with E-state index in [2.05, 4.69) is 5.32 Å². The third-order valence-electron chi connectivity index (χ3n) is 6.50. The molecule has 2 aliphatic heterocycles. The van der Waals surface area contributed by atoms with Crippen LogP contribution >= 0.6 is 11.6 Å². The first-order valence-electron chi connectivity index (χ1n) is 11.5. The van der Waals surface area contributed by atoms with Gasteiger partial charge in [0.15, 0.2) is 0 Å². The average molecular weight is 560 g/mol. The molecule has 4 N–H and O–H groups in total. The van der Waals surface area contributed by atoms with Crippen LogP contribution in [0.15, 0.2) is 58.3 Å². The minimum atomic E-state index is -3.84. The molecule has 0 bridgehead atoms. The highest BCUT2D eigenvalue weighted by atomic mass is 35.5. The number of piperidine rings is 1. The van der Waals surface area contributed by atoms with Crippen LogP contribution in [-0.4, -0.2) is 76.8 Å². The number of primary sulfonamides is 1. The van der Waals surface area contributed by atoms with Gasteiger partial charge in [0, 0.05) is 36.8 Å². The summed E-state index contributed by atoms with van der Waals surface area (Å²) in [4.78, 5) is 0.123. The fourth-order valence-corrected chi connectivity index (χ4v) is 6.82. The third-order valence-corrected chi connectivity index (χ3v) is 9.54. The maximum atomic E-state index is 13.0. The summed E-state index contributed by atoms with van der Waals surface area (Å²) in [6.07, 6.45) is 1.04. The number of ether oxygens (including phenoxy) is 2. The van der Waals surface area contributed by atoms with Crippen molar-refractivity contribution in [1.29, 1.82) is 0 Å². The van der Waals surface area contributed by atoms with Crippen LogP contribution in [0.25, 0.3) is 0 Å². The predicted octanol–water partition coefficient (Wildman–Crippen LogP) is 1.33. The normalized spacial score (nSPS) is 21.5. The van der Waals surface area contributed by atoms with E-state index >= 15 is 0 Å². The molecule has 2 aromatic rings. The Morgan fingerprint density at radius 3 is 2.53 bits per heavy atom. The van der Waals surface area contributed by atoms with Gasteiger partial charge in [0.25, 0.3) is 0 Å². The van der Waals surface area contributed by atoms with Crippen LogP contribution < -0.4 is 15.2 Å². The number of rotatable bonds is 9. The second kappa shape index (κ2) is 10.9. The van der Waals surface area contributed by atoms with Gasteiger partial charge in [-0.2, -0.15) is 4.31 Å². The molecule has 4 rings (SSSR count). The van der Waals surface area contributed by atoms with Crippen molar-refractivity contribution in [3.8, 4) is 5.75 Å². The smallest absolute Gasteiger partial charge is 0.243 e. The van der Waals surface area contributed by atoms with Gasteiger partial charge in [-0.15, -0.1) is 0 Å². The Morgan fingerprint density at radius 2 is 1.83 bits per heavy atom. The van der Waals surface area contributed by atoms with E-state index in [1.54, 1.807) is 24.3 Å². The molecule has 13 heteroatoms. The fourth-order valence-electron chi connectivity index (χ4n) is 4.53. The molecule has 198 valence electrons. The first-order valence-corrected chi connectivity index (χ1v) is 14.9. The lowest BCUT2D eigenvalue weighted by Crippen LogP contribution is -2.47. The standard InChI is InChI=1S/C23H30ClN3O7S2/c24-17-3-1-6-22(11-17)36(31,32)27-9-7-23(8-10-27)13-18(15-34-23)26-14-19(28)16-33-20-4-2-5-21(12-20)35(25,29)30/h1-6,11-12,18-19,26,28H,7-10,13-16H2,(H2,25,29,30)/t18-,19+/m1/s1. The van der Waals surface area contributed by atoms with Gasteiger partial charge in [-0.1, -0.05) is 23.7 Å². The summed E-state index contributed by atoms with van der Waals surface area (Å²) >= 11 is 5.97. The van der Waals surface area contributed by atoms with Crippen molar-refractivity contribution in [2.45, 2.75) is 46.8 Å². The summed E-state index contributed by atoms with van der Waals surface area (Å²) in [7, 11) is -7.45. The maximum absolute atomic E-state index is 13.0. The lowest BCUT2D eigenvalue weighted by Gasteiger charge is -2.38. The number of aliphatic hydroxyl groups is 1. The van der Waals surface area contributed by atoms with E-state index in [9.17, 15) is 21.9 Å². The second-order valence-corrected chi connectivity index (χ2v) is 13.1. The molecule has 2 atom stereocenters. The van der Waals surface area contributed by atoms with Crippen molar-refractivity contribution in [2.24, 2.45) is 5.14 Å². The highest BCUT2D eigenvalue weighted by molar-refractivity contribution is 7.89. The minimum absolute atomic E-state index is 0.0152. The predicted molar refractivity (Wildman–Crippen MR) is 134 cm³/mol. The van der Waals surface area contributed by atoms with Gasteiger partial charge >= 0.3 is 0 Å². The van der Waals surface area contributed by atoms with Crippen molar-refractivity contribution < 1.29 is 31.4 Å². The van der Waals surface area contributed by atoms with Gasteiger partial charge in [0.2, 0.25) is 20.0 Å². The number of aliphatic hydroxyl groups excluding tert-OH is 1. The zero-order valence-electron chi connectivity index (χ0n) is 19.5. The number of halogens is 1. The van der Waals surface area contributed by atoms with Crippen LogP contribution in [0.5, 0.6) is 5.75 Å². The zero-order chi connectivity index (χ0) is 26.0. The molecule has 2 aliphatic rings. The average Bonchev–Trinajstić information content (AvgIpc) is 3.23. The van der Waals surface area contributed by atoms with E-state index in [0.29, 0.717) is 49.7 Å². The molecule has 2 aromatic carbocycles. The van der Waals surface area contributed by atoms with Crippen LogP contribution in [0.2, 0.25) is 5.02 Å². The van der Waals surface area contributed by atoms with Gasteiger partial charge in [0.1, 0.15) is 18.5 Å². The van der Waals surface area contributed by atoms with E-state index in [1.807, 2.05) is 0 Å². The lowest BCUT2D eigenvalue weighted by atomic mass is 9.88. The highest BCUT2D eigenvalue weighted by Gasteiger charge is 2.44. The number of sulfonamides is 2. The molecule has 36 heavy (non-hydrogen) atoms. The highest BCUT2D eigenvalue weighted by Crippen LogP contribution is 2.37. The molecule has 0 saturated carbocycles. The van der Waals surface area contributed by atoms with Crippen LogP contribution in [0.4, 0.5) is 0 Å². The Kier molecular flexibility index (Phi) is 8.27. The Labute approximate surface area is 216 Å². The molecule has 2 heterocycles. The maximum Gasteiger partial charge on any atom is 0.243 e. The molecule has 0 radical (unpaired) electrons. The second-order valence-electron chi connectivity index (χ2n) is 9.15. The van der Waals surface area contributed by atoms with Gasteiger partial charge in [-0.3, -0.25) is 0 Å². The molecular formula is C23H30ClN3O7S2. The van der Waals surface area contributed by atoms with Crippen molar-refractivity contribution in [1.82, 2.24) is 9.62 Å². The quantitative estimate of drug-likeness (QED) is 0.417. The van der Waals surface area contributed by atoms with Gasteiger partial charge in [-0.25, -0.2) is 22.0 Å². The topological polar surface area (TPSA) is 148 Å². The molecule has 0 unspecified atom stereocenters. The first-order chi connectivity index (χ1) is 17.0. The Hall–Kier alpha value is -1.77. The molecule has 2 fully saturated rings. The molecule has 1 spiro atoms. The van der Waals surface area contributed by atoms with Crippen molar-refractivity contribution in [2.75, 3.05) is 32.8 Å². The number of nitrogens with zero attached hydrogens (tertiary/aromatic N) is 1. The number of nitrogens with one attached hydrogen (secondary N) is 1. The summed E-state index contributed by atoms with van der Waals surface area (Å²) in [5.41, 5.74) is -0.395. The summed E-state index contributed by atoms with van der Waals surface area (Å²) in [6.45, 7) is 1.40. The van der Waals surface area contributed by atoms with E-state index in [0.717, 1.165) is 0 Å². The minimum Gasteiger partial charge on any atom is -0.491 e. The Morgan fingerprint density at radius 1 is 1.14 bits per heavy atom. The van der Waals surface area contributed by atoms with E-state index in [4.69, 9.17) is 26.2 Å². The summed E-state index contributed by atoms with van der Waals surface area (Å²) in [5, 5.41) is 19.1. The monoisotopic (exact) mass is 559 g/mol.